The van der Waals surface area contributed by atoms with E-state index in [0.29, 0.717) is 11.0 Å². The minimum absolute atomic E-state index is 0.0245. The van der Waals surface area contributed by atoms with Crippen molar-refractivity contribution in [1.82, 2.24) is 0 Å². The monoisotopic (exact) mass is 299 g/mol. The van der Waals surface area contributed by atoms with Crippen LogP contribution in [0.5, 0.6) is 0 Å². The molecule has 1 aliphatic rings. The maximum Gasteiger partial charge on any atom is 0.137 e. The quantitative estimate of drug-likeness (QED) is 0.876. The third-order valence-corrected chi connectivity index (χ3v) is 4.81. The largest absolute Gasteiger partial charge is 0.330 e. The first kappa shape index (κ1) is 13.0. The molecule has 0 atom stereocenters. The third kappa shape index (κ3) is 2.27. The standard InChI is InChI=1S/C14H19BrFN/c1-10-5-6-11(16)13(15)12(10)14(9-17)7-3-2-4-8-14/h5-6H,2-4,7-9,17H2,1H3. The predicted octanol–water partition coefficient (Wildman–Crippen LogP) is 4.06. The van der Waals surface area contributed by atoms with Gasteiger partial charge in [0.2, 0.25) is 0 Å². The predicted molar refractivity (Wildman–Crippen MR) is 72.7 cm³/mol. The Hall–Kier alpha value is -0.410. The van der Waals surface area contributed by atoms with E-state index in [1.165, 1.54) is 25.3 Å². The van der Waals surface area contributed by atoms with Gasteiger partial charge in [0.25, 0.3) is 0 Å². The second kappa shape index (κ2) is 5.07. The Morgan fingerprint density at radius 1 is 1.29 bits per heavy atom. The van der Waals surface area contributed by atoms with E-state index in [9.17, 15) is 4.39 Å². The van der Waals surface area contributed by atoms with Crippen molar-refractivity contribution < 1.29 is 4.39 Å². The Balaban J connectivity index is 2.53. The van der Waals surface area contributed by atoms with E-state index in [4.69, 9.17) is 5.73 Å². The van der Waals surface area contributed by atoms with Crippen molar-refractivity contribution >= 4 is 15.9 Å². The zero-order valence-corrected chi connectivity index (χ0v) is 11.8. The molecule has 1 aromatic rings. The molecule has 17 heavy (non-hydrogen) atoms. The molecule has 0 saturated heterocycles. The summed E-state index contributed by atoms with van der Waals surface area (Å²) in [5, 5.41) is 0. The summed E-state index contributed by atoms with van der Waals surface area (Å²) in [7, 11) is 0. The average Bonchev–Trinajstić information content (AvgIpc) is 2.35. The second-order valence-electron chi connectivity index (χ2n) is 5.10. The van der Waals surface area contributed by atoms with Crippen molar-refractivity contribution in [3.8, 4) is 0 Å². The maximum atomic E-state index is 13.7. The molecule has 0 aliphatic heterocycles. The van der Waals surface area contributed by atoms with Gasteiger partial charge in [0.15, 0.2) is 0 Å². The summed E-state index contributed by atoms with van der Waals surface area (Å²) in [6, 6.07) is 3.39. The van der Waals surface area contributed by atoms with Crippen LogP contribution in [0.1, 0.15) is 43.2 Å². The zero-order valence-electron chi connectivity index (χ0n) is 10.2. The molecular weight excluding hydrogens is 281 g/mol. The molecule has 1 nitrogen and oxygen atoms in total. The minimum Gasteiger partial charge on any atom is -0.330 e. The highest BCUT2D eigenvalue weighted by atomic mass is 79.9. The first-order valence-corrected chi connectivity index (χ1v) is 7.05. The summed E-state index contributed by atoms with van der Waals surface area (Å²) >= 11 is 3.41. The van der Waals surface area contributed by atoms with Gasteiger partial charge in [-0.25, -0.2) is 4.39 Å². The fraction of sp³-hybridized carbons (Fsp3) is 0.571. The summed E-state index contributed by atoms with van der Waals surface area (Å²) < 4.78 is 14.3. The lowest BCUT2D eigenvalue weighted by Gasteiger charge is -2.38. The van der Waals surface area contributed by atoms with E-state index in [0.717, 1.165) is 24.0 Å². The molecule has 1 fully saturated rings. The van der Waals surface area contributed by atoms with Crippen molar-refractivity contribution in [1.29, 1.82) is 0 Å². The summed E-state index contributed by atoms with van der Waals surface area (Å²) in [4.78, 5) is 0. The van der Waals surface area contributed by atoms with Crippen molar-refractivity contribution in [2.45, 2.75) is 44.4 Å². The van der Waals surface area contributed by atoms with E-state index in [2.05, 4.69) is 15.9 Å². The Morgan fingerprint density at radius 3 is 2.53 bits per heavy atom. The molecule has 2 N–H and O–H groups in total. The minimum atomic E-state index is -0.177. The maximum absolute atomic E-state index is 13.7. The normalized spacial score (nSPS) is 19.3. The van der Waals surface area contributed by atoms with Gasteiger partial charge in [-0.05, 0) is 52.9 Å². The number of hydrogen-bond donors (Lipinski definition) is 1. The lowest BCUT2D eigenvalue weighted by Crippen LogP contribution is -2.38. The molecular formula is C14H19BrFN. The van der Waals surface area contributed by atoms with E-state index < -0.39 is 0 Å². The molecule has 0 aromatic heterocycles. The van der Waals surface area contributed by atoms with Gasteiger partial charge in [-0.2, -0.15) is 0 Å². The van der Waals surface area contributed by atoms with Gasteiger partial charge in [0, 0.05) is 12.0 Å². The van der Waals surface area contributed by atoms with Crippen molar-refractivity contribution in [2.24, 2.45) is 5.73 Å². The van der Waals surface area contributed by atoms with Crippen molar-refractivity contribution in [3.05, 3.63) is 33.5 Å². The van der Waals surface area contributed by atoms with Gasteiger partial charge in [-0.1, -0.05) is 25.3 Å². The molecule has 94 valence electrons. The van der Waals surface area contributed by atoms with Crippen LogP contribution in [0.2, 0.25) is 0 Å². The number of halogens is 2. The van der Waals surface area contributed by atoms with Crippen LogP contribution in [0.15, 0.2) is 16.6 Å². The van der Waals surface area contributed by atoms with Gasteiger partial charge in [-0.15, -0.1) is 0 Å². The molecule has 0 heterocycles. The zero-order chi connectivity index (χ0) is 12.5. The molecule has 0 unspecified atom stereocenters. The average molecular weight is 300 g/mol. The Bertz CT molecular complexity index is 411. The fourth-order valence-corrected chi connectivity index (χ4v) is 3.95. The van der Waals surface area contributed by atoms with E-state index in [1.54, 1.807) is 0 Å². The lowest BCUT2D eigenvalue weighted by molar-refractivity contribution is 0.297. The number of aryl methyl sites for hydroxylation is 1. The molecule has 1 aliphatic carbocycles. The molecule has 0 radical (unpaired) electrons. The van der Waals surface area contributed by atoms with Gasteiger partial charge < -0.3 is 5.73 Å². The first-order chi connectivity index (χ1) is 8.10. The number of rotatable bonds is 2. The molecule has 2 rings (SSSR count). The highest BCUT2D eigenvalue weighted by molar-refractivity contribution is 9.10. The summed E-state index contributed by atoms with van der Waals surface area (Å²) in [5.41, 5.74) is 8.23. The summed E-state index contributed by atoms with van der Waals surface area (Å²) in [6.07, 6.45) is 5.81. The van der Waals surface area contributed by atoms with Crippen LogP contribution in [0.25, 0.3) is 0 Å². The van der Waals surface area contributed by atoms with Crippen molar-refractivity contribution in [2.75, 3.05) is 6.54 Å². The fourth-order valence-electron chi connectivity index (χ4n) is 3.08. The van der Waals surface area contributed by atoms with Crippen LogP contribution in [-0.2, 0) is 5.41 Å². The van der Waals surface area contributed by atoms with E-state index in [-0.39, 0.29) is 11.2 Å². The van der Waals surface area contributed by atoms with E-state index in [1.807, 2.05) is 13.0 Å². The molecule has 1 saturated carbocycles. The highest BCUT2D eigenvalue weighted by Crippen LogP contribution is 2.43. The molecule has 0 bridgehead atoms. The molecule has 0 spiro atoms. The van der Waals surface area contributed by atoms with Gasteiger partial charge >= 0.3 is 0 Å². The van der Waals surface area contributed by atoms with Gasteiger partial charge in [0.1, 0.15) is 5.82 Å². The second-order valence-corrected chi connectivity index (χ2v) is 5.89. The van der Waals surface area contributed by atoms with Crippen LogP contribution >= 0.6 is 15.9 Å². The highest BCUT2D eigenvalue weighted by Gasteiger charge is 2.35. The van der Waals surface area contributed by atoms with Crippen LogP contribution in [0.4, 0.5) is 4.39 Å². The Kier molecular flexibility index (Phi) is 3.88. The van der Waals surface area contributed by atoms with E-state index >= 15 is 0 Å². The topological polar surface area (TPSA) is 26.0 Å². The first-order valence-electron chi connectivity index (χ1n) is 6.26. The smallest absolute Gasteiger partial charge is 0.137 e. The number of nitrogens with two attached hydrogens (primary N) is 1. The van der Waals surface area contributed by atoms with Crippen LogP contribution in [0.3, 0.4) is 0 Å². The van der Waals surface area contributed by atoms with Gasteiger partial charge in [0.05, 0.1) is 4.47 Å². The summed E-state index contributed by atoms with van der Waals surface area (Å²) in [5.74, 6) is -0.177. The number of benzene rings is 1. The summed E-state index contributed by atoms with van der Waals surface area (Å²) in [6.45, 7) is 2.65. The number of hydrogen-bond acceptors (Lipinski definition) is 1. The third-order valence-electron chi connectivity index (χ3n) is 4.03. The van der Waals surface area contributed by atoms with Crippen LogP contribution in [-0.4, -0.2) is 6.54 Å². The Morgan fingerprint density at radius 2 is 1.94 bits per heavy atom. The molecule has 1 aromatic carbocycles. The van der Waals surface area contributed by atoms with Crippen LogP contribution in [0, 0.1) is 12.7 Å². The molecule has 0 amide bonds. The lowest BCUT2D eigenvalue weighted by atomic mass is 9.68. The SMILES string of the molecule is Cc1ccc(F)c(Br)c1C1(CN)CCCCC1. The van der Waals surface area contributed by atoms with Crippen LogP contribution < -0.4 is 5.73 Å². The van der Waals surface area contributed by atoms with Crippen molar-refractivity contribution in [3.63, 3.8) is 0 Å². The Labute approximate surface area is 111 Å². The molecule has 3 heteroatoms. The van der Waals surface area contributed by atoms with Gasteiger partial charge in [-0.3, -0.25) is 0 Å².